The molecule has 0 atom stereocenters. The van der Waals surface area contributed by atoms with Gasteiger partial charge in [-0.25, -0.2) is 9.37 Å². The van der Waals surface area contributed by atoms with Gasteiger partial charge in [-0.15, -0.1) is 12.4 Å². The van der Waals surface area contributed by atoms with Gasteiger partial charge in [-0.05, 0) is 61.4 Å². The molecular formula is C24H24ClFN4O. The highest BCUT2D eigenvalue weighted by Crippen LogP contribution is 2.28. The van der Waals surface area contributed by atoms with E-state index in [1.54, 1.807) is 24.5 Å². The van der Waals surface area contributed by atoms with Crippen molar-refractivity contribution in [2.75, 3.05) is 6.54 Å². The molecule has 0 saturated heterocycles. The molecule has 0 aliphatic carbocycles. The Morgan fingerprint density at radius 2 is 1.81 bits per heavy atom. The van der Waals surface area contributed by atoms with Crippen LogP contribution in [0.5, 0.6) is 0 Å². The van der Waals surface area contributed by atoms with Crippen molar-refractivity contribution in [2.24, 2.45) is 0 Å². The van der Waals surface area contributed by atoms with Crippen LogP contribution in [0.15, 0.2) is 67.0 Å². The molecule has 0 aliphatic rings. The molecule has 1 N–H and O–H groups in total. The molecule has 0 unspecified atom stereocenters. The molecule has 3 aromatic heterocycles. The molecule has 4 rings (SSSR count). The largest absolute Gasteiger partial charge is 0.356 e. The molecule has 0 spiro atoms. The van der Waals surface area contributed by atoms with E-state index in [2.05, 4.69) is 38.1 Å². The molecule has 0 fully saturated rings. The third-order valence-electron chi connectivity index (χ3n) is 5.10. The minimum Gasteiger partial charge on any atom is -0.356 e. The van der Waals surface area contributed by atoms with Crippen LogP contribution in [0.1, 0.15) is 17.7 Å². The second-order valence-electron chi connectivity index (χ2n) is 7.24. The van der Waals surface area contributed by atoms with Crippen molar-refractivity contribution in [3.63, 3.8) is 0 Å². The Labute approximate surface area is 186 Å². The van der Waals surface area contributed by atoms with Crippen LogP contribution in [0.3, 0.4) is 0 Å². The lowest BCUT2D eigenvalue weighted by atomic mass is 10.1. The lowest BCUT2D eigenvalue weighted by Gasteiger charge is -2.12. The number of amides is 1. The summed E-state index contributed by atoms with van der Waals surface area (Å²) in [7, 11) is 0. The summed E-state index contributed by atoms with van der Waals surface area (Å²) in [5.74, 6) is -0.369. The molecule has 1 amide bonds. The molecule has 5 nitrogen and oxygen atoms in total. The molecule has 31 heavy (non-hydrogen) atoms. The van der Waals surface area contributed by atoms with Crippen LogP contribution in [-0.4, -0.2) is 27.0 Å². The smallest absolute Gasteiger partial charge is 0.224 e. The van der Waals surface area contributed by atoms with E-state index < -0.39 is 0 Å². The molecule has 0 bridgehead atoms. The Morgan fingerprint density at radius 1 is 1.06 bits per heavy atom. The Balaban J connectivity index is 0.00000272. The number of nitrogens with zero attached hydrogens (tertiary/aromatic N) is 3. The van der Waals surface area contributed by atoms with E-state index in [0.717, 1.165) is 46.5 Å². The number of pyridine rings is 2. The normalized spacial score (nSPS) is 10.6. The van der Waals surface area contributed by atoms with Gasteiger partial charge in [0, 0.05) is 42.1 Å². The fourth-order valence-electron chi connectivity index (χ4n) is 3.61. The second kappa shape index (κ2) is 10.2. The van der Waals surface area contributed by atoms with Crippen molar-refractivity contribution >= 4 is 29.3 Å². The van der Waals surface area contributed by atoms with E-state index in [0.29, 0.717) is 6.54 Å². The number of benzene rings is 1. The van der Waals surface area contributed by atoms with E-state index in [1.165, 1.54) is 12.1 Å². The average Bonchev–Trinajstić information content (AvgIpc) is 3.11. The van der Waals surface area contributed by atoms with Gasteiger partial charge in [-0.2, -0.15) is 0 Å². The first kappa shape index (κ1) is 22.4. The van der Waals surface area contributed by atoms with Crippen molar-refractivity contribution in [3.8, 4) is 11.3 Å². The van der Waals surface area contributed by atoms with Gasteiger partial charge in [0.25, 0.3) is 0 Å². The van der Waals surface area contributed by atoms with Crippen molar-refractivity contribution < 1.29 is 9.18 Å². The van der Waals surface area contributed by atoms with Crippen LogP contribution in [0.25, 0.3) is 22.3 Å². The average molecular weight is 439 g/mol. The molecule has 160 valence electrons. The summed E-state index contributed by atoms with van der Waals surface area (Å²) < 4.78 is 15.2. The SMILES string of the molecule is Cc1ncccc1-c1cc2cccnc2n1CCCNC(=O)Cc1ccc(F)cc1.Cl. The molecule has 0 aliphatic heterocycles. The summed E-state index contributed by atoms with van der Waals surface area (Å²) in [6.07, 6.45) is 4.60. The summed E-state index contributed by atoms with van der Waals surface area (Å²) >= 11 is 0. The van der Waals surface area contributed by atoms with Gasteiger partial charge in [0.05, 0.1) is 12.1 Å². The summed E-state index contributed by atoms with van der Waals surface area (Å²) in [5.41, 5.74) is 4.84. The highest BCUT2D eigenvalue weighted by molar-refractivity contribution is 5.85. The maximum absolute atomic E-state index is 13.0. The van der Waals surface area contributed by atoms with Gasteiger partial charge in [-0.3, -0.25) is 9.78 Å². The highest BCUT2D eigenvalue weighted by Gasteiger charge is 2.13. The van der Waals surface area contributed by atoms with Gasteiger partial charge < -0.3 is 9.88 Å². The van der Waals surface area contributed by atoms with E-state index >= 15 is 0 Å². The van der Waals surface area contributed by atoms with Crippen molar-refractivity contribution in [1.29, 1.82) is 0 Å². The monoisotopic (exact) mass is 438 g/mol. The van der Waals surface area contributed by atoms with E-state index in [-0.39, 0.29) is 30.6 Å². The van der Waals surface area contributed by atoms with Gasteiger partial charge in [0.1, 0.15) is 11.5 Å². The minimum atomic E-state index is -0.300. The molecule has 7 heteroatoms. The maximum Gasteiger partial charge on any atom is 0.224 e. The number of rotatable bonds is 7. The Hall–Kier alpha value is -3.25. The predicted octanol–water partition coefficient (Wildman–Crippen LogP) is 4.72. The Morgan fingerprint density at radius 3 is 2.58 bits per heavy atom. The van der Waals surface area contributed by atoms with Crippen molar-refractivity contribution in [2.45, 2.75) is 26.3 Å². The van der Waals surface area contributed by atoms with Crippen LogP contribution >= 0.6 is 12.4 Å². The predicted molar refractivity (Wildman–Crippen MR) is 123 cm³/mol. The first-order valence-corrected chi connectivity index (χ1v) is 9.99. The van der Waals surface area contributed by atoms with Gasteiger partial charge >= 0.3 is 0 Å². The highest BCUT2D eigenvalue weighted by atomic mass is 35.5. The number of hydrogen-bond donors (Lipinski definition) is 1. The first-order valence-electron chi connectivity index (χ1n) is 9.99. The number of aryl methyl sites for hydroxylation is 2. The number of nitrogens with one attached hydrogen (secondary N) is 1. The van der Waals surface area contributed by atoms with Crippen LogP contribution in [0.2, 0.25) is 0 Å². The van der Waals surface area contributed by atoms with Gasteiger partial charge in [-0.1, -0.05) is 12.1 Å². The van der Waals surface area contributed by atoms with Crippen LogP contribution in [-0.2, 0) is 17.8 Å². The number of carbonyl (C=O) groups excluding carboxylic acids is 1. The molecule has 0 radical (unpaired) electrons. The molecule has 3 heterocycles. The van der Waals surface area contributed by atoms with E-state index in [4.69, 9.17) is 0 Å². The lowest BCUT2D eigenvalue weighted by molar-refractivity contribution is -0.120. The minimum absolute atomic E-state index is 0. The number of carbonyl (C=O) groups is 1. The zero-order chi connectivity index (χ0) is 20.9. The number of hydrogen-bond acceptors (Lipinski definition) is 3. The van der Waals surface area contributed by atoms with Crippen LogP contribution < -0.4 is 5.32 Å². The topological polar surface area (TPSA) is 59.8 Å². The van der Waals surface area contributed by atoms with Gasteiger partial charge in [0.15, 0.2) is 0 Å². The fourth-order valence-corrected chi connectivity index (χ4v) is 3.61. The lowest BCUT2D eigenvalue weighted by Crippen LogP contribution is -2.26. The Kier molecular flexibility index (Phi) is 7.36. The van der Waals surface area contributed by atoms with Crippen molar-refractivity contribution in [1.82, 2.24) is 19.9 Å². The van der Waals surface area contributed by atoms with Crippen LogP contribution in [0, 0.1) is 12.7 Å². The molecule has 4 aromatic rings. The summed E-state index contributed by atoms with van der Waals surface area (Å²) in [4.78, 5) is 21.1. The fraction of sp³-hybridized carbons (Fsp3) is 0.208. The number of fused-ring (bicyclic) bond motifs is 1. The molecular weight excluding hydrogens is 415 g/mol. The first-order chi connectivity index (χ1) is 14.6. The quantitative estimate of drug-likeness (QED) is 0.425. The zero-order valence-corrected chi connectivity index (χ0v) is 18.0. The van der Waals surface area contributed by atoms with Crippen LogP contribution in [0.4, 0.5) is 4.39 Å². The van der Waals surface area contributed by atoms with Crippen molar-refractivity contribution in [3.05, 3.63) is 84.1 Å². The Bertz CT molecular complexity index is 1170. The summed E-state index contributed by atoms with van der Waals surface area (Å²) in [5, 5.41) is 4.03. The second-order valence-corrected chi connectivity index (χ2v) is 7.24. The molecule has 0 saturated carbocycles. The van der Waals surface area contributed by atoms with Gasteiger partial charge in [0.2, 0.25) is 5.91 Å². The maximum atomic E-state index is 13.0. The summed E-state index contributed by atoms with van der Waals surface area (Å²) in [6, 6.07) is 16.1. The third-order valence-corrected chi connectivity index (χ3v) is 5.10. The number of aromatic nitrogens is 3. The zero-order valence-electron chi connectivity index (χ0n) is 17.2. The third kappa shape index (κ3) is 5.27. The standard InChI is InChI=1S/C24H23FN4O.ClH/c1-17-21(6-3-11-26-17)22-16-19-5-2-12-28-24(19)29(22)14-4-13-27-23(30)15-18-7-9-20(25)10-8-18;/h2-3,5-12,16H,4,13-15H2,1H3,(H,27,30);1H. The molecule has 1 aromatic carbocycles. The number of halogens is 2. The van der Waals surface area contributed by atoms with E-state index in [9.17, 15) is 9.18 Å². The van der Waals surface area contributed by atoms with E-state index in [1.807, 2.05) is 19.1 Å². The summed E-state index contributed by atoms with van der Waals surface area (Å²) in [6.45, 7) is 3.28.